The largest absolute Gasteiger partial charge is 0.507 e. The van der Waals surface area contributed by atoms with Crippen molar-refractivity contribution in [3.63, 3.8) is 0 Å². The first-order valence-corrected chi connectivity index (χ1v) is 14.7. The van der Waals surface area contributed by atoms with Crippen molar-refractivity contribution in [1.82, 2.24) is 4.98 Å². The monoisotopic (exact) mass is 597 g/mol. The van der Waals surface area contributed by atoms with E-state index in [9.17, 15) is 19.8 Å². The highest BCUT2D eigenvalue weighted by Gasteiger charge is 2.37. The van der Waals surface area contributed by atoms with Gasteiger partial charge in [-0.15, -0.1) is 23.2 Å². The van der Waals surface area contributed by atoms with Crippen LogP contribution in [0.3, 0.4) is 0 Å². The molecule has 0 bridgehead atoms. The Bertz CT molecular complexity index is 1790. The van der Waals surface area contributed by atoms with E-state index < -0.39 is 11.8 Å². The van der Waals surface area contributed by atoms with Crippen LogP contribution in [0.5, 0.6) is 11.5 Å². The van der Waals surface area contributed by atoms with Gasteiger partial charge in [0.2, 0.25) is 0 Å². The number of phenolic OH excluding ortho intramolecular Hbond substituents is 2. The second-order valence-corrected chi connectivity index (χ2v) is 11.3. The van der Waals surface area contributed by atoms with Crippen LogP contribution in [0.4, 0.5) is 11.4 Å². The van der Waals surface area contributed by atoms with E-state index in [1.807, 2.05) is 48.5 Å². The number of anilines is 2. The van der Waals surface area contributed by atoms with Gasteiger partial charge in [0.15, 0.2) is 0 Å². The summed E-state index contributed by atoms with van der Waals surface area (Å²) < 4.78 is 0. The molecule has 0 saturated heterocycles. The summed E-state index contributed by atoms with van der Waals surface area (Å²) >= 11 is 12.7. The molecule has 2 atom stereocenters. The Morgan fingerprint density at radius 3 is 1.48 bits per heavy atom. The fourth-order valence-corrected chi connectivity index (χ4v) is 6.94. The molecule has 0 radical (unpaired) electrons. The van der Waals surface area contributed by atoms with E-state index in [0.717, 1.165) is 21.9 Å². The van der Waals surface area contributed by atoms with Crippen LogP contribution in [-0.4, -0.2) is 51.9 Å². The third-order valence-corrected chi connectivity index (χ3v) is 9.08. The third kappa shape index (κ3) is 3.99. The number of alkyl halides is 2. The number of hydrogen-bond donors (Lipinski definition) is 2. The van der Waals surface area contributed by atoms with Crippen molar-refractivity contribution < 1.29 is 19.8 Å². The smallest absolute Gasteiger partial charge is 0.276 e. The number of pyridine rings is 1. The average Bonchev–Trinajstić information content (AvgIpc) is 3.59. The summed E-state index contributed by atoms with van der Waals surface area (Å²) in [5, 5.41) is 24.6. The van der Waals surface area contributed by atoms with E-state index >= 15 is 0 Å². The number of amides is 2. The lowest BCUT2D eigenvalue weighted by atomic mass is 9.95. The molecule has 0 aliphatic carbocycles. The average molecular weight is 598 g/mol. The molecule has 1 aromatic heterocycles. The van der Waals surface area contributed by atoms with Gasteiger partial charge < -0.3 is 20.0 Å². The Labute approximate surface area is 251 Å². The molecule has 0 unspecified atom stereocenters. The second-order valence-electron chi connectivity index (χ2n) is 10.7. The van der Waals surface area contributed by atoms with Crippen LogP contribution in [0.1, 0.15) is 43.9 Å². The first kappa shape index (κ1) is 26.6. The van der Waals surface area contributed by atoms with Gasteiger partial charge in [-0.25, -0.2) is 4.98 Å². The molecule has 210 valence electrons. The molecule has 42 heavy (non-hydrogen) atoms. The molecule has 3 heterocycles. The minimum absolute atomic E-state index is 0.0755. The maximum atomic E-state index is 13.9. The van der Waals surface area contributed by atoms with Crippen LogP contribution in [0, 0.1) is 0 Å². The van der Waals surface area contributed by atoms with E-state index in [1.54, 1.807) is 40.1 Å². The Hall–Kier alpha value is -4.33. The first-order chi connectivity index (χ1) is 20.4. The van der Waals surface area contributed by atoms with Crippen molar-refractivity contribution >= 4 is 67.9 Å². The Morgan fingerprint density at radius 2 is 1.07 bits per heavy atom. The Morgan fingerprint density at radius 1 is 0.667 bits per heavy atom. The molecule has 2 N–H and O–H groups in total. The number of hydrogen-bond acceptors (Lipinski definition) is 5. The van der Waals surface area contributed by atoms with Crippen molar-refractivity contribution in [3.05, 3.63) is 101 Å². The van der Waals surface area contributed by atoms with Gasteiger partial charge in [-0.1, -0.05) is 54.6 Å². The second kappa shape index (κ2) is 10.2. The summed E-state index contributed by atoms with van der Waals surface area (Å²) in [5.74, 6) is -0.286. The topological polar surface area (TPSA) is 94.0 Å². The minimum Gasteiger partial charge on any atom is -0.507 e. The summed E-state index contributed by atoms with van der Waals surface area (Å²) in [7, 11) is 0. The molecule has 4 aromatic carbocycles. The van der Waals surface area contributed by atoms with Gasteiger partial charge in [0.05, 0.1) is 11.4 Å². The summed E-state index contributed by atoms with van der Waals surface area (Å²) in [6.07, 6.45) is 0. The number of carbonyl (C=O) groups is 2. The molecular formula is C33H25Cl2N3O4. The normalized spacial score (nSPS) is 17.6. The predicted molar refractivity (Wildman–Crippen MR) is 166 cm³/mol. The van der Waals surface area contributed by atoms with Crippen LogP contribution in [-0.2, 0) is 0 Å². The fourth-order valence-electron chi connectivity index (χ4n) is 6.44. The van der Waals surface area contributed by atoms with Crippen LogP contribution in [0.15, 0.2) is 78.9 Å². The number of aromatic hydroxyl groups is 2. The number of nitrogens with zero attached hydrogens (tertiary/aromatic N) is 3. The van der Waals surface area contributed by atoms with Gasteiger partial charge in [-0.05, 0) is 34.0 Å². The maximum absolute atomic E-state index is 13.9. The number of aromatic nitrogens is 1. The summed E-state index contributed by atoms with van der Waals surface area (Å²) in [5.41, 5.74) is 3.19. The Balaban J connectivity index is 1.25. The highest BCUT2D eigenvalue weighted by molar-refractivity contribution is 6.20. The predicted octanol–water partition coefficient (Wildman–Crippen LogP) is 6.76. The minimum atomic E-state index is -0.391. The zero-order valence-corrected chi connectivity index (χ0v) is 23.8. The standard InChI is InChI=1S/C33H25Cl2N3O4/c34-14-18-16-37(26-12-28(39)20-6-1-3-8-22(20)30(18)26)32(41)24-10-5-11-25(36-24)33(42)38-17-19(15-35)31-23-9-4-2-7-21(23)29(40)13-27(31)38/h1-13,18-19,39-40H,14-17H2/t18-,19-/m1/s1. The van der Waals surface area contributed by atoms with E-state index in [4.69, 9.17) is 23.2 Å². The van der Waals surface area contributed by atoms with Crippen LogP contribution < -0.4 is 9.80 Å². The number of fused-ring (bicyclic) bond motifs is 6. The molecule has 2 aliphatic heterocycles. The fraction of sp³-hybridized carbons (Fsp3) is 0.182. The number of carbonyl (C=O) groups excluding carboxylic acids is 2. The highest BCUT2D eigenvalue weighted by atomic mass is 35.5. The van der Waals surface area contributed by atoms with E-state index in [1.165, 1.54) is 0 Å². The summed E-state index contributed by atoms with van der Waals surface area (Å²) in [6.45, 7) is 0.655. The van der Waals surface area contributed by atoms with E-state index in [-0.39, 0.29) is 34.7 Å². The van der Waals surface area contributed by atoms with Gasteiger partial charge in [0, 0.05) is 59.6 Å². The molecule has 7 nitrogen and oxygen atoms in total. The lowest BCUT2D eigenvalue weighted by Crippen LogP contribution is -2.33. The molecule has 9 heteroatoms. The molecule has 7 rings (SSSR count). The van der Waals surface area contributed by atoms with Crippen molar-refractivity contribution in [3.8, 4) is 11.5 Å². The molecule has 0 spiro atoms. The zero-order valence-electron chi connectivity index (χ0n) is 22.3. The van der Waals surface area contributed by atoms with Gasteiger partial charge in [0.25, 0.3) is 11.8 Å². The number of phenols is 2. The van der Waals surface area contributed by atoms with Crippen molar-refractivity contribution in [2.45, 2.75) is 11.8 Å². The van der Waals surface area contributed by atoms with Crippen LogP contribution in [0.25, 0.3) is 21.5 Å². The van der Waals surface area contributed by atoms with Crippen molar-refractivity contribution in [2.75, 3.05) is 34.6 Å². The van der Waals surface area contributed by atoms with Crippen molar-refractivity contribution in [2.24, 2.45) is 0 Å². The third-order valence-electron chi connectivity index (χ3n) is 8.34. The number of halogens is 2. The molecule has 2 amide bonds. The SMILES string of the molecule is O=C(c1cccc(C(=O)N2C[C@@H](CCl)c3c2cc(O)c2ccccc32)n1)N1C[C@@H](CCl)c2c1cc(O)c1ccccc21. The molecular weight excluding hydrogens is 573 g/mol. The van der Waals surface area contributed by atoms with Gasteiger partial charge in [0.1, 0.15) is 22.9 Å². The van der Waals surface area contributed by atoms with Gasteiger partial charge >= 0.3 is 0 Å². The van der Waals surface area contributed by atoms with Crippen molar-refractivity contribution in [1.29, 1.82) is 0 Å². The van der Waals surface area contributed by atoms with E-state index in [0.29, 0.717) is 47.0 Å². The Kier molecular flexibility index (Phi) is 6.44. The molecule has 0 saturated carbocycles. The zero-order chi connectivity index (χ0) is 29.1. The van der Waals surface area contributed by atoms with Crippen LogP contribution in [0.2, 0.25) is 0 Å². The van der Waals surface area contributed by atoms with Crippen LogP contribution >= 0.6 is 23.2 Å². The number of rotatable bonds is 4. The van der Waals surface area contributed by atoms with E-state index in [2.05, 4.69) is 4.98 Å². The number of benzene rings is 4. The molecule has 5 aromatic rings. The molecule has 0 fully saturated rings. The summed E-state index contributed by atoms with van der Waals surface area (Å²) in [4.78, 5) is 35.4. The summed E-state index contributed by atoms with van der Waals surface area (Å²) in [6, 6.07) is 23.0. The maximum Gasteiger partial charge on any atom is 0.276 e. The molecule has 2 aliphatic rings. The lowest BCUT2D eigenvalue weighted by molar-refractivity contribution is 0.0979. The highest BCUT2D eigenvalue weighted by Crippen LogP contribution is 2.47. The van der Waals surface area contributed by atoms with Gasteiger partial charge in [-0.2, -0.15) is 0 Å². The lowest BCUT2D eigenvalue weighted by Gasteiger charge is -2.20. The first-order valence-electron chi connectivity index (χ1n) is 13.6. The quantitative estimate of drug-likeness (QED) is 0.223. The van der Waals surface area contributed by atoms with Gasteiger partial charge in [-0.3, -0.25) is 9.59 Å².